The van der Waals surface area contributed by atoms with Crippen LogP contribution in [-0.2, 0) is 4.79 Å². The molecule has 1 heterocycles. The molecule has 4 nitrogen and oxygen atoms in total. The zero-order valence-electron chi connectivity index (χ0n) is 18.6. The maximum absolute atomic E-state index is 13.5. The smallest absolute Gasteiger partial charge is 0.221 e. The number of hydrogen-bond acceptors (Lipinski definition) is 2. The van der Waals surface area contributed by atoms with E-state index in [-0.39, 0.29) is 23.9 Å². The van der Waals surface area contributed by atoms with E-state index in [2.05, 4.69) is 54.1 Å². The molecular formula is C26H32FN3O. The molecule has 3 N–H and O–H groups in total. The summed E-state index contributed by atoms with van der Waals surface area (Å²) in [5.74, 6) is -0.237. The molecule has 2 aromatic carbocycles. The van der Waals surface area contributed by atoms with Crippen LogP contribution >= 0.6 is 0 Å². The minimum Gasteiger partial charge on any atom is -0.341 e. The number of nitrogens with two attached hydrogens (primary N) is 1. The van der Waals surface area contributed by atoms with Crippen LogP contribution in [0.4, 0.5) is 4.39 Å². The maximum Gasteiger partial charge on any atom is 0.221 e. The Hall–Kier alpha value is -2.92. The number of halogens is 1. The lowest BCUT2D eigenvalue weighted by atomic mass is 10.0. The highest BCUT2D eigenvalue weighted by Crippen LogP contribution is 2.37. The van der Waals surface area contributed by atoms with Crippen molar-refractivity contribution in [1.82, 2.24) is 9.88 Å². The van der Waals surface area contributed by atoms with Gasteiger partial charge in [-0.15, -0.1) is 0 Å². The van der Waals surface area contributed by atoms with Gasteiger partial charge in [0.2, 0.25) is 5.91 Å². The molecule has 1 aromatic heterocycles. The lowest BCUT2D eigenvalue weighted by molar-refractivity contribution is -0.121. The van der Waals surface area contributed by atoms with E-state index in [0.29, 0.717) is 6.42 Å². The molecular weight excluding hydrogens is 389 g/mol. The van der Waals surface area contributed by atoms with Crippen molar-refractivity contribution < 1.29 is 9.18 Å². The second-order valence-corrected chi connectivity index (χ2v) is 8.25. The first-order valence-electron chi connectivity index (χ1n) is 11.0. The molecule has 0 saturated heterocycles. The van der Waals surface area contributed by atoms with Crippen LogP contribution in [-0.4, -0.2) is 16.6 Å². The van der Waals surface area contributed by atoms with Gasteiger partial charge in [0, 0.05) is 34.6 Å². The molecule has 164 valence electrons. The molecule has 0 fully saturated rings. The van der Waals surface area contributed by atoms with Crippen molar-refractivity contribution in [2.45, 2.75) is 58.7 Å². The second-order valence-electron chi connectivity index (χ2n) is 8.25. The second kappa shape index (κ2) is 10.4. The number of allylic oxidation sites excluding steroid dienone is 1. The molecule has 3 rings (SSSR count). The normalized spacial score (nSPS) is 12.7. The minimum atomic E-state index is -0.310. The molecule has 0 aliphatic carbocycles. The molecule has 0 aliphatic rings. The summed E-state index contributed by atoms with van der Waals surface area (Å²) < 4.78 is 15.9. The summed E-state index contributed by atoms with van der Waals surface area (Å²) in [4.78, 5) is 11.7. The Bertz CT molecular complexity index is 1050. The van der Waals surface area contributed by atoms with Crippen LogP contribution in [0.15, 0.2) is 54.6 Å². The summed E-state index contributed by atoms with van der Waals surface area (Å²) in [5.41, 5.74) is 10.0. The van der Waals surface area contributed by atoms with Gasteiger partial charge in [0.15, 0.2) is 0 Å². The van der Waals surface area contributed by atoms with Crippen molar-refractivity contribution in [3.63, 3.8) is 0 Å². The lowest BCUT2D eigenvalue weighted by Gasteiger charge is -2.13. The third kappa shape index (κ3) is 5.61. The van der Waals surface area contributed by atoms with E-state index in [9.17, 15) is 9.18 Å². The zero-order chi connectivity index (χ0) is 22.4. The molecule has 3 aromatic rings. The molecule has 0 bridgehead atoms. The minimum absolute atomic E-state index is 0.00231. The van der Waals surface area contributed by atoms with Gasteiger partial charge in [0.25, 0.3) is 0 Å². The van der Waals surface area contributed by atoms with E-state index in [4.69, 9.17) is 5.73 Å². The fourth-order valence-electron chi connectivity index (χ4n) is 3.99. The lowest BCUT2D eigenvalue weighted by Crippen LogP contribution is -2.38. The van der Waals surface area contributed by atoms with E-state index in [0.717, 1.165) is 41.5 Å². The molecule has 31 heavy (non-hydrogen) atoms. The number of nitrogens with one attached hydrogen (secondary N) is 1. The number of fused-ring (bicyclic) bond motifs is 1. The summed E-state index contributed by atoms with van der Waals surface area (Å²) in [7, 11) is 0. The predicted octanol–water partition coefficient (Wildman–Crippen LogP) is 6.02. The number of carbonyl (C=O) groups is 1. The van der Waals surface area contributed by atoms with Gasteiger partial charge < -0.3 is 15.6 Å². The fourth-order valence-corrected chi connectivity index (χ4v) is 3.99. The van der Waals surface area contributed by atoms with Gasteiger partial charge >= 0.3 is 0 Å². The predicted molar refractivity (Wildman–Crippen MR) is 127 cm³/mol. The fraction of sp³-hybridized carbons (Fsp3) is 0.346. The Morgan fingerprint density at radius 2 is 1.81 bits per heavy atom. The summed E-state index contributed by atoms with van der Waals surface area (Å²) in [6.07, 6.45) is 7.15. The Morgan fingerprint density at radius 3 is 2.48 bits per heavy atom. The summed E-state index contributed by atoms with van der Waals surface area (Å²) in [5, 5.41) is 3.88. The number of benzene rings is 2. The maximum atomic E-state index is 13.5. The molecule has 1 amide bonds. The first-order valence-corrected chi connectivity index (χ1v) is 11.0. The molecule has 5 heteroatoms. The molecule has 1 atom stereocenters. The third-order valence-corrected chi connectivity index (χ3v) is 5.29. The number of unbranched alkanes of at least 4 members (excludes halogenated alkanes) is 2. The summed E-state index contributed by atoms with van der Waals surface area (Å²) in [6.45, 7) is 6.11. The Balaban J connectivity index is 1.85. The highest BCUT2D eigenvalue weighted by Gasteiger charge is 2.18. The van der Waals surface area contributed by atoms with E-state index in [1.54, 1.807) is 6.92 Å². The standard InChI is InChI=1S/C26H32FN3O/c1-18(2)30-23-11-9-8-10-22(23)26(20-14-16-21(27)17-15-20)24(30)12-6-4-5-7-13-25(31)29-19(3)28/h6,8-12,14-19H,4-5,7,13,28H2,1-3H3,(H,29,31)/b12-6+. The van der Waals surface area contributed by atoms with Gasteiger partial charge in [0.05, 0.1) is 6.17 Å². The highest BCUT2D eigenvalue weighted by molar-refractivity contribution is 6.01. The van der Waals surface area contributed by atoms with Gasteiger partial charge in [-0.2, -0.15) is 0 Å². The Labute approximate surface area is 183 Å². The monoisotopic (exact) mass is 421 g/mol. The van der Waals surface area contributed by atoms with E-state index in [1.807, 2.05) is 18.2 Å². The van der Waals surface area contributed by atoms with Crippen LogP contribution < -0.4 is 11.1 Å². The van der Waals surface area contributed by atoms with Gasteiger partial charge in [-0.3, -0.25) is 4.79 Å². The number of nitrogens with zero attached hydrogens (tertiary/aromatic N) is 1. The van der Waals surface area contributed by atoms with Gasteiger partial charge in [-0.05, 0) is 69.9 Å². The molecule has 0 spiro atoms. The average molecular weight is 422 g/mol. The van der Waals surface area contributed by atoms with Crippen LogP contribution in [0.1, 0.15) is 58.2 Å². The van der Waals surface area contributed by atoms with E-state index >= 15 is 0 Å². The van der Waals surface area contributed by atoms with Crippen LogP contribution in [0.3, 0.4) is 0 Å². The first-order chi connectivity index (χ1) is 14.9. The van der Waals surface area contributed by atoms with Crippen LogP contribution in [0.5, 0.6) is 0 Å². The Morgan fingerprint density at radius 1 is 1.10 bits per heavy atom. The number of carbonyl (C=O) groups excluding carboxylic acids is 1. The van der Waals surface area contributed by atoms with Crippen molar-refractivity contribution >= 4 is 22.9 Å². The van der Waals surface area contributed by atoms with Crippen molar-refractivity contribution in [3.8, 4) is 11.1 Å². The topological polar surface area (TPSA) is 60.0 Å². The van der Waals surface area contributed by atoms with Gasteiger partial charge in [-0.1, -0.05) is 36.4 Å². The number of hydrogen-bond donors (Lipinski definition) is 2. The number of para-hydroxylation sites is 1. The number of amides is 1. The third-order valence-electron chi connectivity index (χ3n) is 5.29. The van der Waals surface area contributed by atoms with Crippen molar-refractivity contribution in [1.29, 1.82) is 0 Å². The van der Waals surface area contributed by atoms with Crippen molar-refractivity contribution in [2.75, 3.05) is 0 Å². The van der Waals surface area contributed by atoms with Crippen molar-refractivity contribution in [2.24, 2.45) is 5.73 Å². The van der Waals surface area contributed by atoms with Crippen LogP contribution in [0.25, 0.3) is 28.1 Å². The van der Waals surface area contributed by atoms with Gasteiger partial charge in [0.1, 0.15) is 5.82 Å². The van der Waals surface area contributed by atoms with E-state index < -0.39 is 0 Å². The molecule has 0 saturated carbocycles. The summed E-state index contributed by atoms with van der Waals surface area (Å²) >= 11 is 0. The van der Waals surface area contributed by atoms with Crippen LogP contribution in [0, 0.1) is 5.82 Å². The largest absolute Gasteiger partial charge is 0.341 e. The van der Waals surface area contributed by atoms with Gasteiger partial charge in [-0.25, -0.2) is 4.39 Å². The molecule has 0 aliphatic heterocycles. The SMILES string of the molecule is CC(N)NC(=O)CCCC/C=C/c1c(-c2ccc(F)cc2)c2ccccc2n1C(C)C. The number of rotatable bonds is 9. The summed E-state index contributed by atoms with van der Waals surface area (Å²) in [6, 6.07) is 15.3. The quantitative estimate of drug-likeness (QED) is 0.328. The number of aromatic nitrogens is 1. The van der Waals surface area contributed by atoms with Crippen molar-refractivity contribution in [3.05, 3.63) is 66.1 Å². The highest BCUT2D eigenvalue weighted by atomic mass is 19.1. The molecule has 1 unspecified atom stereocenters. The van der Waals surface area contributed by atoms with Crippen LogP contribution in [0.2, 0.25) is 0 Å². The molecule has 0 radical (unpaired) electrons. The first kappa shape index (κ1) is 22.8. The van der Waals surface area contributed by atoms with E-state index in [1.165, 1.54) is 17.6 Å². The average Bonchev–Trinajstić information content (AvgIpc) is 3.05. The Kier molecular flexibility index (Phi) is 7.64. The zero-order valence-corrected chi connectivity index (χ0v) is 18.6.